The molecule has 1 aromatic carbocycles. The summed E-state index contributed by atoms with van der Waals surface area (Å²) in [5.74, 6) is 0.703. The molecule has 0 aromatic heterocycles. The Labute approximate surface area is 140 Å². The summed E-state index contributed by atoms with van der Waals surface area (Å²) >= 11 is 0. The van der Waals surface area contributed by atoms with Crippen molar-refractivity contribution in [2.45, 2.75) is 59.4 Å². The van der Waals surface area contributed by atoms with Crippen molar-refractivity contribution in [3.63, 3.8) is 0 Å². The molecule has 1 N–H and O–H groups in total. The summed E-state index contributed by atoms with van der Waals surface area (Å²) in [6.07, 6.45) is 3.53. The van der Waals surface area contributed by atoms with Crippen LogP contribution in [0.1, 0.15) is 64.5 Å². The first-order valence-electron chi connectivity index (χ1n) is 8.39. The number of nitrogens with one attached hydrogen (secondary N) is 1. The maximum absolute atomic E-state index is 11.5. The first kappa shape index (κ1) is 19.3. The molecule has 23 heavy (non-hydrogen) atoms. The number of ketones is 1. The van der Waals surface area contributed by atoms with Crippen molar-refractivity contribution in [1.29, 1.82) is 0 Å². The number of benzene rings is 1. The molecule has 0 saturated carbocycles. The zero-order chi connectivity index (χ0) is 17.4. The number of aliphatic imine (C=N–C) groups is 1. The number of nitrogens with zero attached hydrogens (tertiary/aromatic N) is 1. The van der Waals surface area contributed by atoms with E-state index in [-0.39, 0.29) is 11.8 Å². The minimum atomic E-state index is -0.123. The number of carbonyl (C=O) groups excluding carboxylic acids is 1. The smallest absolute Gasteiger partial charge is 0.146 e. The van der Waals surface area contributed by atoms with Gasteiger partial charge in [-0.05, 0) is 50.8 Å². The van der Waals surface area contributed by atoms with Crippen molar-refractivity contribution >= 4 is 11.5 Å². The van der Waals surface area contributed by atoms with Crippen LogP contribution in [0.4, 0.5) is 0 Å². The average Bonchev–Trinajstić information content (AvgIpc) is 2.54. The maximum Gasteiger partial charge on any atom is 0.146 e. The van der Waals surface area contributed by atoms with Crippen LogP contribution in [-0.2, 0) is 4.79 Å². The van der Waals surface area contributed by atoms with Gasteiger partial charge in [0, 0.05) is 11.9 Å². The third-order valence-corrected chi connectivity index (χ3v) is 4.20. The average molecular weight is 314 g/mol. The van der Waals surface area contributed by atoms with Crippen molar-refractivity contribution in [1.82, 2.24) is 5.32 Å². The summed E-state index contributed by atoms with van der Waals surface area (Å²) in [5.41, 5.74) is 4.65. The van der Waals surface area contributed by atoms with Gasteiger partial charge in [0.05, 0.1) is 6.04 Å². The van der Waals surface area contributed by atoms with Gasteiger partial charge in [-0.3, -0.25) is 9.79 Å². The van der Waals surface area contributed by atoms with Gasteiger partial charge in [-0.2, -0.15) is 0 Å². The molecule has 0 saturated heterocycles. The van der Waals surface area contributed by atoms with E-state index in [0.717, 1.165) is 17.7 Å². The summed E-state index contributed by atoms with van der Waals surface area (Å²) < 4.78 is 0. The highest BCUT2D eigenvalue weighted by molar-refractivity contribution is 5.99. The second kappa shape index (κ2) is 9.41. The normalized spacial score (nSPS) is 14.2. The summed E-state index contributed by atoms with van der Waals surface area (Å²) in [6, 6.07) is 8.45. The maximum atomic E-state index is 11.5. The van der Waals surface area contributed by atoms with Crippen LogP contribution in [0.2, 0.25) is 0 Å². The Kier molecular flexibility index (Phi) is 7.90. The van der Waals surface area contributed by atoms with E-state index in [1.165, 1.54) is 11.1 Å². The molecule has 0 amide bonds. The molecule has 1 rings (SSSR count). The highest BCUT2D eigenvalue weighted by Crippen LogP contribution is 2.16. The van der Waals surface area contributed by atoms with Crippen LogP contribution in [0.3, 0.4) is 0 Å². The van der Waals surface area contributed by atoms with E-state index >= 15 is 0 Å². The lowest BCUT2D eigenvalue weighted by molar-refractivity contribution is -0.118. The first-order valence-corrected chi connectivity index (χ1v) is 8.39. The molecule has 0 spiro atoms. The summed E-state index contributed by atoms with van der Waals surface area (Å²) in [6.45, 7) is 10.1. The Morgan fingerprint density at radius 1 is 1.22 bits per heavy atom. The number of carbonyl (C=O) groups is 1. The predicted molar refractivity (Wildman–Crippen MR) is 99.3 cm³/mol. The zero-order valence-corrected chi connectivity index (χ0v) is 15.3. The van der Waals surface area contributed by atoms with E-state index in [0.29, 0.717) is 12.3 Å². The highest BCUT2D eigenvalue weighted by Gasteiger charge is 2.12. The van der Waals surface area contributed by atoms with Gasteiger partial charge in [-0.1, -0.05) is 50.6 Å². The zero-order valence-electron chi connectivity index (χ0n) is 15.3. The standard InChI is InChI=1S/C20H30N2O/c1-7-17(12-20(21-6)16(5)23)13-22-15(4)19-10-8-18(9-11-19)14(2)3/h8-11,13-14,20-21H,7,12H2,1-6H3/b17-13+,22-15+/t20-/m0/s1. The SMILES string of the molecule is CC/C(=C\N=C(/C)c1ccc(C(C)C)cc1)C[C@H](NC)C(C)=O. The number of likely N-dealkylation sites (N-methyl/N-ethyl adjacent to an activating group) is 1. The van der Waals surface area contributed by atoms with E-state index in [9.17, 15) is 4.79 Å². The minimum absolute atomic E-state index is 0.123. The van der Waals surface area contributed by atoms with Crippen molar-refractivity contribution in [2.75, 3.05) is 7.05 Å². The molecule has 0 aliphatic heterocycles. The lowest BCUT2D eigenvalue weighted by atomic mass is 10.0. The van der Waals surface area contributed by atoms with Gasteiger partial charge in [0.1, 0.15) is 5.78 Å². The Morgan fingerprint density at radius 2 is 1.83 bits per heavy atom. The van der Waals surface area contributed by atoms with Gasteiger partial charge >= 0.3 is 0 Å². The van der Waals surface area contributed by atoms with Crippen molar-refractivity contribution in [3.05, 3.63) is 47.2 Å². The molecule has 0 aliphatic carbocycles. The molecule has 0 unspecified atom stereocenters. The van der Waals surface area contributed by atoms with Gasteiger partial charge in [0.25, 0.3) is 0 Å². The third kappa shape index (κ3) is 6.11. The van der Waals surface area contributed by atoms with Crippen molar-refractivity contribution in [2.24, 2.45) is 4.99 Å². The second-order valence-corrected chi connectivity index (χ2v) is 6.29. The molecule has 1 atom stereocenters. The van der Waals surface area contributed by atoms with E-state index in [2.05, 4.69) is 55.3 Å². The number of hydrogen-bond acceptors (Lipinski definition) is 3. The molecular formula is C20H30N2O. The monoisotopic (exact) mass is 314 g/mol. The molecule has 0 aliphatic rings. The fourth-order valence-electron chi connectivity index (χ4n) is 2.37. The van der Waals surface area contributed by atoms with Crippen LogP contribution in [-0.4, -0.2) is 24.6 Å². The van der Waals surface area contributed by atoms with Crippen LogP contribution in [0, 0.1) is 0 Å². The van der Waals surface area contributed by atoms with Gasteiger partial charge < -0.3 is 5.32 Å². The molecule has 0 bridgehead atoms. The van der Waals surface area contributed by atoms with Gasteiger partial charge in [0.2, 0.25) is 0 Å². The molecule has 3 heteroatoms. The molecular weight excluding hydrogens is 284 g/mol. The fourth-order valence-corrected chi connectivity index (χ4v) is 2.37. The Morgan fingerprint density at radius 3 is 2.26 bits per heavy atom. The third-order valence-electron chi connectivity index (χ3n) is 4.20. The summed E-state index contributed by atoms with van der Waals surface area (Å²) in [4.78, 5) is 16.1. The minimum Gasteiger partial charge on any atom is -0.310 e. The molecule has 0 radical (unpaired) electrons. The van der Waals surface area contributed by atoms with E-state index in [1.807, 2.05) is 20.2 Å². The number of hydrogen-bond donors (Lipinski definition) is 1. The molecule has 1 aromatic rings. The Hall–Kier alpha value is -1.74. The lowest BCUT2D eigenvalue weighted by Gasteiger charge is -2.13. The van der Waals surface area contributed by atoms with E-state index in [1.54, 1.807) is 6.92 Å². The van der Waals surface area contributed by atoms with Gasteiger partial charge in [-0.15, -0.1) is 0 Å². The van der Waals surface area contributed by atoms with Crippen LogP contribution >= 0.6 is 0 Å². The fraction of sp³-hybridized carbons (Fsp3) is 0.500. The first-order chi connectivity index (χ1) is 10.9. The highest BCUT2D eigenvalue weighted by atomic mass is 16.1. The van der Waals surface area contributed by atoms with Crippen LogP contribution in [0.15, 0.2) is 41.0 Å². The van der Waals surface area contributed by atoms with Crippen molar-refractivity contribution in [3.8, 4) is 0 Å². The van der Waals surface area contributed by atoms with E-state index < -0.39 is 0 Å². The lowest BCUT2D eigenvalue weighted by Crippen LogP contribution is -2.32. The number of Topliss-reactive ketones (excluding diaryl/α,β-unsaturated/α-hetero) is 1. The van der Waals surface area contributed by atoms with Gasteiger partial charge in [-0.25, -0.2) is 0 Å². The second-order valence-electron chi connectivity index (χ2n) is 6.29. The van der Waals surface area contributed by atoms with E-state index in [4.69, 9.17) is 0 Å². The van der Waals surface area contributed by atoms with Crippen LogP contribution in [0.25, 0.3) is 0 Å². The Bertz CT molecular complexity index is 568. The predicted octanol–water partition coefficient (Wildman–Crippen LogP) is 4.48. The van der Waals surface area contributed by atoms with Crippen LogP contribution in [0.5, 0.6) is 0 Å². The van der Waals surface area contributed by atoms with Crippen molar-refractivity contribution < 1.29 is 4.79 Å². The van der Waals surface area contributed by atoms with Crippen LogP contribution < -0.4 is 5.32 Å². The molecule has 3 nitrogen and oxygen atoms in total. The number of rotatable bonds is 8. The topological polar surface area (TPSA) is 41.5 Å². The summed E-state index contributed by atoms with van der Waals surface area (Å²) in [7, 11) is 1.82. The molecule has 0 fully saturated rings. The quantitative estimate of drug-likeness (QED) is 0.719. The van der Waals surface area contributed by atoms with Gasteiger partial charge in [0.15, 0.2) is 0 Å². The Balaban J connectivity index is 2.87. The molecule has 126 valence electrons. The largest absolute Gasteiger partial charge is 0.310 e. The summed E-state index contributed by atoms with van der Waals surface area (Å²) in [5, 5.41) is 3.06. The molecule has 0 heterocycles.